The molecule has 172 valence electrons. The largest absolute Gasteiger partial charge is 0.0616 e. The monoisotopic (exact) mass is 420 g/mol. The zero-order chi connectivity index (χ0) is 24.2. The van der Waals surface area contributed by atoms with Gasteiger partial charge >= 0.3 is 0 Å². The molecule has 0 spiro atoms. The van der Waals surface area contributed by atoms with Crippen LogP contribution in [0.2, 0.25) is 0 Å². The zero-order valence-corrected chi connectivity index (χ0v) is 23.0. The van der Waals surface area contributed by atoms with Crippen LogP contribution in [0.4, 0.5) is 0 Å². The van der Waals surface area contributed by atoms with E-state index in [1.54, 1.807) is 0 Å². The number of benzene rings is 2. The van der Waals surface area contributed by atoms with Crippen molar-refractivity contribution in [2.45, 2.75) is 124 Å². The fourth-order valence-corrected chi connectivity index (χ4v) is 4.83. The highest BCUT2D eigenvalue weighted by Crippen LogP contribution is 2.46. The van der Waals surface area contributed by atoms with E-state index in [4.69, 9.17) is 0 Å². The first-order valence-electron chi connectivity index (χ1n) is 12.0. The van der Waals surface area contributed by atoms with Gasteiger partial charge in [-0.2, -0.15) is 0 Å². The fraction of sp³-hybridized carbons (Fsp3) is 0.613. The van der Waals surface area contributed by atoms with Crippen molar-refractivity contribution in [3.05, 3.63) is 69.8 Å². The highest BCUT2D eigenvalue weighted by atomic mass is 14.4. The summed E-state index contributed by atoms with van der Waals surface area (Å²) >= 11 is 0. The predicted molar refractivity (Wildman–Crippen MR) is 140 cm³/mol. The lowest BCUT2D eigenvalue weighted by Crippen LogP contribution is -2.32. The topological polar surface area (TPSA) is 0 Å². The van der Waals surface area contributed by atoms with Crippen molar-refractivity contribution in [2.75, 3.05) is 0 Å². The maximum Gasteiger partial charge on any atom is 0.0152 e. The minimum Gasteiger partial charge on any atom is -0.0616 e. The van der Waals surface area contributed by atoms with E-state index in [9.17, 15) is 0 Å². The molecule has 0 unspecified atom stereocenters. The SMILES string of the molecule is CC(C)(C)c1ccc(C(C)(C)C)c(C(C)(C)c2cccc(C(C)(C)C)c2C(C)(C)C)c1. The molecule has 0 heteroatoms. The first-order valence-corrected chi connectivity index (χ1v) is 12.0. The number of rotatable bonds is 2. The Kier molecular flexibility index (Phi) is 6.46. The Bertz CT molecular complexity index is 922. The Morgan fingerprint density at radius 3 is 1.32 bits per heavy atom. The van der Waals surface area contributed by atoms with Gasteiger partial charge in [-0.25, -0.2) is 0 Å². The van der Waals surface area contributed by atoms with Gasteiger partial charge in [0.1, 0.15) is 0 Å². The molecule has 0 saturated heterocycles. The summed E-state index contributed by atoms with van der Waals surface area (Å²) in [6, 6.07) is 14.2. The lowest BCUT2D eigenvalue weighted by molar-refractivity contribution is 0.498. The Balaban J connectivity index is 2.97. The highest BCUT2D eigenvalue weighted by Gasteiger charge is 2.37. The Labute approximate surface area is 193 Å². The lowest BCUT2D eigenvalue weighted by atomic mass is 9.64. The van der Waals surface area contributed by atoms with Crippen LogP contribution >= 0.6 is 0 Å². The molecule has 0 saturated carbocycles. The van der Waals surface area contributed by atoms with Crippen LogP contribution in [0.5, 0.6) is 0 Å². The third kappa shape index (κ3) is 5.27. The molecule has 0 atom stereocenters. The van der Waals surface area contributed by atoms with Crippen LogP contribution in [-0.2, 0) is 27.1 Å². The van der Waals surface area contributed by atoms with Crippen molar-refractivity contribution in [2.24, 2.45) is 0 Å². The van der Waals surface area contributed by atoms with Crippen molar-refractivity contribution in [3.8, 4) is 0 Å². The standard InChI is InChI=1S/C31H48/c1-27(2,3)21-18-19-22(28(4,5)6)25(20-21)31(13,14)24-17-15-16-23(29(7,8)9)26(24)30(10,11)12/h15-20H,1-14H3. The van der Waals surface area contributed by atoms with Gasteiger partial charge in [0.15, 0.2) is 0 Å². The molecule has 0 heterocycles. The van der Waals surface area contributed by atoms with Crippen molar-refractivity contribution in [3.63, 3.8) is 0 Å². The van der Waals surface area contributed by atoms with E-state index in [1.165, 1.54) is 33.4 Å². The minimum absolute atomic E-state index is 0.0695. The van der Waals surface area contributed by atoms with E-state index in [1.807, 2.05) is 0 Å². The van der Waals surface area contributed by atoms with Crippen molar-refractivity contribution < 1.29 is 0 Å². The molecule has 0 aliphatic carbocycles. The van der Waals surface area contributed by atoms with Gasteiger partial charge in [-0.15, -0.1) is 0 Å². The average Bonchev–Trinajstić information content (AvgIpc) is 2.57. The van der Waals surface area contributed by atoms with E-state index in [0.717, 1.165) is 0 Å². The molecular weight excluding hydrogens is 372 g/mol. The van der Waals surface area contributed by atoms with Crippen LogP contribution in [0.1, 0.15) is 130 Å². The quantitative estimate of drug-likeness (QED) is 0.454. The molecule has 0 amide bonds. The van der Waals surface area contributed by atoms with E-state index in [0.29, 0.717) is 0 Å². The van der Waals surface area contributed by atoms with E-state index >= 15 is 0 Å². The van der Waals surface area contributed by atoms with Crippen molar-refractivity contribution in [1.29, 1.82) is 0 Å². The molecule has 0 aliphatic heterocycles. The van der Waals surface area contributed by atoms with Crippen LogP contribution < -0.4 is 0 Å². The molecule has 0 fully saturated rings. The molecular formula is C31H48. The predicted octanol–water partition coefficient (Wildman–Crippen LogP) is 9.20. The van der Waals surface area contributed by atoms with Crippen molar-refractivity contribution >= 4 is 0 Å². The van der Waals surface area contributed by atoms with Gasteiger partial charge in [0, 0.05) is 5.41 Å². The van der Waals surface area contributed by atoms with Gasteiger partial charge in [0.2, 0.25) is 0 Å². The second-order valence-electron chi connectivity index (χ2n) is 14.1. The molecule has 2 rings (SSSR count). The van der Waals surface area contributed by atoms with Gasteiger partial charge < -0.3 is 0 Å². The summed E-state index contributed by atoms with van der Waals surface area (Å²) in [5, 5.41) is 0. The molecule has 2 aromatic carbocycles. The van der Waals surface area contributed by atoms with Gasteiger partial charge in [-0.05, 0) is 55.0 Å². The normalized spacial score (nSPS) is 14.1. The van der Waals surface area contributed by atoms with E-state index < -0.39 is 0 Å². The molecule has 2 aromatic rings. The zero-order valence-electron chi connectivity index (χ0n) is 23.0. The van der Waals surface area contributed by atoms with Crippen molar-refractivity contribution in [1.82, 2.24) is 0 Å². The maximum atomic E-state index is 2.50. The molecule has 0 aliphatic rings. The van der Waals surface area contributed by atoms with Crippen LogP contribution in [0, 0.1) is 0 Å². The lowest BCUT2D eigenvalue weighted by Gasteiger charge is -2.40. The molecule has 31 heavy (non-hydrogen) atoms. The smallest absolute Gasteiger partial charge is 0.0152 e. The summed E-state index contributed by atoms with van der Waals surface area (Å²) in [6.07, 6.45) is 0. The van der Waals surface area contributed by atoms with Crippen LogP contribution in [0.3, 0.4) is 0 Å². The second-order valence-corrected chi connectivity index (χ2v) is 14.1. The molecule has 0 bridgehead atoms. The Morgan fingerprint density at radius 2 is 0.903 bits per heavy atom. The molecule has 0 aromatic heterocycles. The first-order chi connectivity index (χ1) is 13.7. The molecule has 0 radical (unpaired) electrons. The van der Waals surface area contributed by atoms with Gasteiger partial charge in [-0.1, -0.05) is 133 Å². The minimum atomic E-state index is -0.103. The Hall–Kier alpha value is -1.56. The summed E-state index contributed by atoms with van der Waals surface area (Å²) in [5.41, 5.74) is 9.05. The van der Waals surface area contributed by atoms with Gasteiger partial charge in [-0.3, -0.25) is 0 Å². The summed E-state index contributed by atoms with van der Waals surface area (Å²) in [6.45, 7) is 33.0. The number of hydrogen-bond acceptors (Lipinski definition) is 0. The van der Waals surface area contributed by atoms with Gasteiger partial charge in [0.05, 0.1) is 0 Å². The average molecular weight is 421 g/mol. The summed E-state index contributed by atoms with van der Waals surface area (Å²) in [7, 11) is 0. The summed E-state index contributed by atoms with van der Waals surface area (Å²) in [4.78, 5) is 0. The summed E-state index contributed by atoms with van der Waals surface area (Å²) in [5.74, 6) is 0. The van der Waals surface area contributed by atoms with E-state index in [-0.39, 0.29) is 27.1 Å². The summed E-state index contributed by atoms with van der Waals surface area (Å²) < 4.78 is 0. The highest BCUT2D eigenvalue weighted by molar-refractivity contribution is 5.54. The third-order valence-corrected chi connectivity index (χ3v) is 6.66. The van der Waals surface area contributed by atoms with Gasteiger partial charge in [0.25, 0.3) is 0 Å². The van der Waals surface area contributed by atoms with E-state index in [2.05, 4.69) is 133 Å². The fourth-order valence-electron chi connectivity index (χ4n) is 4.83. The molecule has 0 nitrogen and oxygen atoms in total. The third-order valence-electron chi connectivity index (χ3n) is 6.66. The second kappa shape index (κ2) is 7.79. The first kappa shape index (κ1) is 25.7. The maximum absolute atomic E-state index is 2.50. The van der Waals surface area contributed by atoms with Crippen LogP contribution in [-0.4, -0.2) is 0 Å². The van der Waals surface area contributed by atoms with Crippen LogP contribution in [0.15, 0.2) is 36.4 Å². The Morgan fingerprint density at radius 1 is 0.419 bits per heavy atom. The van der Waals surface area contributed by atoms with Crippen LogP contribution in [0.25, 0.3) is 0 Å². The number of hydrogen-bond donors (Lipinski definition) is 0. The molecule has 0 N–H and O–H groups in total.